The van der Waals surface area contributed by atoms with Crippen molar-refractivity contribution in [2.75, 3.05) is 13.1 Å². The smallest absolute Gasteiger partial charge is 0.353 e. The van der Waals surface area contributed by atoms with E-state index >= 15 is 0 Å². The molecule has 1 aromatic rings. The maximum absolute atomic E-state index is 12.5. The van der Waals surface area contributed by atoms with Gasteiger partial charge >= 0.3 is 6.18 Å². The summed E-state index contributed by atoms with van der Waals surface area (Å²) in [5, 5.41) is 6.13. The molecule has 1 aliphatic heterocycles. The molecule has 1 saturated heterocycles. The Bertz CT molecular complexity index is 499. The fourth-order valence-corrected chi connectivity index (χ4v) is 2.67. The number of alkyl halides is 3. The first-order valence-corrected chi connectivity index (χ1v) is 7.53. The molecule has 0 spiro atoms. The van der Waals surface area contributed by atoms with Gasteiger partial charge in [0.05, 0.1) is 11.5 Å². The Hall–Kier alpha value is -1.27. The second-order valence-corrected chi connectivity index (χ2v) is 5.85. The zero-order valence-electron chi connectivity index (χ0n) is 13.0. The molecule has 7 heteroatoms. The van der Waals surface area contributed by atoms with E-state index in [1.807, 2.05) is 6.92 Å². The molecular formula is C16H22ClF3N2O. The van der Waals surface area contributed by atoms with Crippen LogP contribution in [0.3, 0.4) is 0 Å². The van der Waals surface area contributed by atoms with Gasteiger partial charge in [0.2, 0.25) is 5.91 Å². The summed E-state index contributed by atoms with van der Waals surface area (Å²) >= 11 is 0. The fourth-order valence-electron chi connectivity index (χ4n) is 2.67. The Morgan fingerprint density at radius 3 is 2.52 bits per heavy atom. The van der Waals surface area contributed by atoms with Gasteiger partial charge in [-0.3, -0.25) is 4.79 Å². The average molecular weight is 351 g/mol. The Labute approximate surface area is 140 Å². The second kappa shape index (κ2) is 8.55. The van der Waals surface area contributed by atoms with Crippen molar-refractivity contribution in [1.82, 2.24) is 10.6 Å². The minimum Gasteiger partial charge on any atom is -0.353 e. The second-order valence-electron chi connectivity index (χ2n) is 5.85. The molecule has 0 aliphatic carbocycles. The van der Waals surface area contributed by atoms with Crippen LogP contribution in [0.5, 0.6) is 0 Å². The first kappa shape index (κ1) is 19.8. The van der Waals surface area contributed by atoms with E-state index in [1.165, 1.54) is 12.1 Å². The maximum Gasteiger partial charge on any atom is 0.416 e. The van der Waals surface area contributed by atoms with Gasteiger partial charge in [-0.15, -0.1) is 12.4 Å². The molecule has 1 amide bonds. The van der Waals surface area contributed by atoms with Crippen molar-refractivity contribution in [2.24, 2.45) is 5.92 Å². The van der Waals surface area contributed by atoms with Crippen molar-refractivity contribution in [1.29, 1.82) is 0 Å². The lowest BCUT2D eigenvalue weighted by Gasteiger charge is -2.24. The number of benzene rings is 1. The van der Waals surface area contributed by atoms with Crippen molar-refractivity contribution in [3.63, 3.8) is 0 Å². The molecule has 1 fully saturated rings. The molecule has 2 atom stereocenters. The molecule has 1 aromatic carbocycles. The van der Waals surface area contributed by atoms with E-state index in [9.17, 15) is 18.0 Å². The first-order valence-electron chi connectivity index (χ1n) is 7.53. The number of piperidine rings is 1. The van der Waals surface area contributed by atoms with Gasteiger partial charge in [0.1, 0.15) is 0 Å². The molecule has 2 unspecified atom stereocenters. The van der Waals surface area contributed by atoms with Crippen LogP contribution in [-0.2, 0) is 17.4 Å². The third kappa shape index (κ3) is 6.03. The molecule has 130 valence electrons. The van der Waals surface area contributed by atoms with Crippen molar-refractivity contribution < 1.29 is 18.0 Å². The number of hydrogen-bond acceptors (Lipinski definition) is 2. The minimum absolute atomic E-state index is 0. The van der Waals surface area contributed by atoms with Crippen LogP contribution in [0.25, 0.3) is 0 Å². The Kier molecular flexibility index (Phi) is 7.35. The highest BCUT2D eigenvalue weighted by Gasteiger charge is 2.30. The summed E-state index contributed by atoms with van der Waals surface area (Å²) in [5.74, 6) is 0.00965. The zero-order valence-corrected chi connectivity index (χ0v) is 13.8. The van der Waals surface area contributed by atoms with Crippen LogP contribution in [0.15, 0.2) is 24.3 Å². The Morgan fingerprint density at radius 1 is 1.35 bits per heavy atom. The lowest BCUT2D eigenvalue weighted by molar-refractivity contribution is -0.137. The van der Waals surface area contributed by atoms with Crippen LogP contribution in [0, 0.1) is 5.92 Å². The average Bonchev–Trinajstić information content (AvgIpc) is 2.47. The summed E-state index contributed by atoms with van der Waals surface area (Å²) in [6.07, 6.45) is -1.92. The van der Waals surface area contributed by atoms with Crippen LogP contribution in [0.1, 0.15) is 30.9 Å². The van der Waals surface area contributed by atoms with Gasteiger partial charge in [-0.2, -0.15) is 13.2 Å². The molecule has 0 aromatic heterocycles. The van der Waals surface area contributed by atoms with E-state index in [1.54, 1.807) is 0 Å². The lowest BCUT2D eigenvalue weighted by Crippen LogP contribution is -2.44. The van der Waals surface area contributed by atoms with Crippen molar-refractivity contribution in [2.45, 2.75) is 38.4 Å². The summed E-state index contributed by atoms with van der Waals surface area (Å²) in [7, 11) is 0. The number of rotatable bonds is 4. The van der Waals surface area contributed by atoms with Crippen LogP contribution in [0.4, 0.5) is 13.2 Å². The number of hydrogen-bond donors (Lipinski definition) is 2. The fraction of sp³-hybridized carbons (Fsp3) is 0.562. The predicted octanol–water partition coefficient (Wildman–Crippen LogP) is 3.17. The maximum atomic E-state index is 12.5. The molecule has 3 nitrogen and oxygen atoms in total. The van der Waals surface area contributed by atoms with E-state index in [4.69, 9.17) is 0 Å². The van der Waals surface area contributed by atoms with Gasteiger partial charge in [-0.1, -0.05) is 12.1 Å². The topological polar surface area (TPSA) is 41.1 Å². The van der Waals surface area contributed by atoms with E-state index < -0.39 is 11.7 Å². The summed E-state index contributed by atoms with van der Waals surface area (Å²) in [6, 6.07) is 4.98. The lowest BCUT2D eigenvalue weighted by atomic mass is 9.98. The molecule has 0 saturated carbocycles. The molecule has 2 N–H and O–H groups in total. The van der Waals surface area contributed by atoms with E-state index in [0.29, 0.717) is 13.0 Å². The largest absolute Gasteiger partial charge is 0.416 e. The SMILES string of the molecule is CC(Cc1ccc(C(F)(F)F)cc1)NC(=O)C1CCCNC1.Cl. The number of halogens is 4. The highest BCUT2D eigenvalue weighted by Crippen LogP contribution is 2.29. The highest BCUT2D eigenvalue weighted by atomic mass is 35.5. The minimum atomic E-state index is -4.31. The molecule has 1 heterocycles. The standard InChI is InChI=1S/C16H21F3N2O.ClH/c1-11(21-15(22)13-3-2-8-20-10-13)9-12-4-6-14(7-5-12)16(17,18)19;/h4-7,11,13,20H,2-3,8-10H2,1H3,(H,21,22);1H. The quantitative estimate of drug-likeness (QED) is 0.875. The number of amides is 1. The summed E-state index contributed by atoms with van der Waals surface area (Å²) < 4.78 is 37.5. The summed E-state index contributed by atoms with van der Waals surface area (Å²) in [5.41, 5.74) is 0.129. The van der Waals surface area contributed by atoms with Crippen molar-refractivity contribution in [3.05, 3.63) is 35.4 Å². The zero-order chi connectivity index (χ0) is 16.2. The first-order chi connectivity index (χ1) is 10.4. The summed E-state index contributed by atoms with van der Waals surface area (Å²) in [6.45, 7) is 3.51. The van der Waals surface area contributed by atoms with E-state index in [2.05, 4.69) is 10.6 Å². The number of carbonyl (C=O) groups is 1. The molecule has 0 bridgehead atoms. The molecule has 2 rings (SSSR count). The van der Waals surface area contributed by atoms with Gasteiger partial charge in [-0.25, -0.2) is 0 Å². The molecular weight excluding hydrogens is 329 g/mol. The van der Waals surface area contributed by atoms with Gasteiger partial charge in [-0.05, 0) is 50.4 Å². The van der Waals surface area contributed by atoms with Crippen LogP contribution in [-0.4, -0.2) is 25.0 Å². The van der Waals surface area contributed by atoms with Gasteiger partial charge in [0.15, 0.2) is 0 Å². The van der Waals surface area contributed by atoms with E-state index in [-0.39, 0.29) is 30.3 Å². The van der Waals surface area contributed by atoms with Crippen molar-refractivity contribution in [3.8, 4) is 0 Å². The van der Waals surface area contributed by atoms with Gasteiger partial charge in [0, 0.05) is 12.6 Å². The Balaban J connectivity index is 0.00000264. The van der Waals surface area contributed by atoms with Crippen LogP contribution in [0.2, 0.25) is 0 Å². The Morgan fingerprint density at radius 2 is 2.00 bits per heavy atom. The highest BCUT2D eigenvalue weighted by molar-refractivity contribution is 5.85. The number of nitrogens with one attached hydrogen (secondary N) is 2. The predicted molar refractivity (Wildman–Crippen MR) is 85.6 cm³/mol. The molecule has 0 radical (unpaired) electrons. The monoisotopic (exact) mass is 350 g/mol. The van der Waals surface area contributed by atoms with Gasteiger partial charge in [0.25, 0.3) is 0 Å². The van der Waals surface area contributed by atoms with Crippen LogP contribution >= 0.6 is 12.4 Å². The van der Waals surface area contributed by atoms with Crippen LogP contribution < -0.4 is 10.6 Å². The molecule has 23 heavy (non-hydrogen) atoms. The normalized spacial score (nSPS) is 19.6. The third-order valence-corrected chi connectivity index (χ3v) is 3.88. The summed E-state index contributed by atoms with van der Waals surface area (Å²) in [4.78, 5) is 12.1. The third-order valence-electron chi connectivity index (χ3n) is 3.88. The molecule has 1 aliphatic rings. The van der Waals surface area contributed by atoms with E-state index in [0.717, 1.165) is 37.1 Å². The number of carbonyl (C=O) groups excluding carboxylic acids is 1. The van der Waals surface area contributed by atoms with Gasteiger partial charge < -0.3 is 10.6 Å². The van der Waals surface area contributed by atoms with Crippen molar-refractivity contribution >= 4 is 18.3 Å².